The number of aromatic nitrogens is 2. The van der Waals surface area contributed by atoms with Crippen molar-refractivity contribution in [2.45, 2.75) is 39.2 Å². The lowest BCUT2D eigenvalue weighted by atomic mass is 10.1. The molecule has 0 atom stereocenters. The van der Waals surface area contributed by atoms with Crippen molar-refractivity contribution in [2.75, 3.05) is 24.5 Å². The Labute approximate surface area is 118 Å². The molecule has 3 rings (SSSR count). The van der Waals surface area contributed by atoms with Crippen molar-refractivity contribution in [3.8, 4) is 0 Å². The number of fused-ring (bicyclic) bond motifs is 1. The molecule has 4 nitrogen and oxygen atoms in total. The lowest BCUT2D eigenvalue weighted by molar-refractivity contribution is 0.569. The van der Waals surface area contributed by atoms with Crippen molar-refractivity contribution in [2.24, 2.45) is 0 Å². The minimum atomic E-state index is 0.914. The van der Waals surface area contributed by atoms with E-state index in [1.165, 1.54) is 37.2 Å². The number of nitrogens with zero attached hydrogens (tertiary/aromatic N) is 3. The summed E-state index contributed by atoms with van der Waals surface area (Å²) in [4.78, 5) is 8.43. The van der Waals surface area contributed by atoms with E-state index < -0.39 is 0 Å². The van der Waals surface area contributed by atoms with Crippen LogP contribution in [0.3, 0.4) is 0 Å². The van der Waals surface area contributed by atoms with Gasteiger partial charge < -0.3 is 10.2 Å². The Morgan fingerprint density at radius 2 is 2.16 bits per heavy atom. The normalized spacial score (nSPS) is 16.4. The molecule has 19 heavy (non-hydrogen) atoms. The summed E-state index contributed by atoms with van der Waals surface area (Å²) in [5.41, 5.74) is 1.33. The molecular weight excluding hydrogens is 256 g/mol. The standard InChI is InChI=1S/C14H22N4S/c1-2-6-15-11-12-13(17-7-4-3-5-8-17)16-14-18(12)9-10-19-14/h9-10,15H,2-8,11H2,1H3. The second-order valence-electron chi connectivity index (χ2n) is 5.16. The number of rotatable bonds is 5. The first-order chi connectivity index (χ1) is 9.40. The molecule has 1 saturated heterocycles. The molecule has 0 bridgehead atoms. The van der Waals surface area contributed by atoms with Gasteiger partial charge in [-0.3, -0.25) is 4.40 Å². The summed E-state index contributed by atoms with van der Waals surface area (Å²) in [5.74, 6) is 1.20. The Morgan fingerprint density at radius 1 is 1.32 bits per heavy atom. The lowest BCUT2D eigenvalue weighted by Crippen LogP contribution is -2.31. The van der Waals surface area contributed by atoms with Crippen LogP contribution in [0, 0.1) is 0 Å². The fourth-order valence-corrected chi connectivity index (χ4v) is 3.46. The van der Waals surface area contributed by atoms with Gasteiger partial charge in [0.15, 0.2) is 10.8 Å². The maximum absolute atomic E-state index is 4.84. The average molecular weight is 278 g/mol. The van der Waals surface area contributed by atoms with Crippen molar-refractivity contribution in [1.82, 2.24) is 14.7 Å². The largest absolute Gasteiger partial charge is 0.355 e. The highest BCUT2D eigenvalue weighted by Crippen LogP contribution is 2.26. The first-order valence-electron chi connectivity index (χ1n) is 7.30. The van der Waals surface area contributed by atoms with E-state index in [4.69, 9.17) is 4.98 Å². The fraction of sp³-hybridized carbons (Fsp3) is 0.643. The molecule has 2 aromatic rings. The van der Waals surface area contributed by atoms with E-state index in [-0.39, 0.29) is 0 Å². The second-order valence-corrected chi connectivity index (χ2v) is 6.04. The molecular formula is C14H22N4S. The molecule has 0 aliphatic carbocycles. The van der Waals surface area contributed by atoms with Crippen LogP contribution in [0.1, 0.15) is 38.3 Å². The van der Waals surface area contributed by atoms with Crippen LogP contribution in [-0.4, -0.2) is 29.0 Å². The fourth-order valence-electron chi connectivity index (χ4n) is 2.73. The van der Waals surface area contributed by atoms with Gasteiger partial charge in [0.25, 0.3) is 0 Å². The molecule has 5 heteroatoms. The summed E-state index contributed by atoms with van der Waals surface area (Å²) >= 11 is 1.72. The average Bonchev–Trinajstić information content (AvgIpc) is 3.02. The van der Waals surface area contributed by atoms with Crippen LogP contribution in [0.15, 0.2) is 11.6 Å². The molecule has 0 amide bonds. The quantitative estimate of drug-likeness (QED) is 0.854. The lowest BCUT2D eigenvalue weighted by Gasteiger charge is -2.27. The third-order valence-corrected chi connectivity index (χ3v) is 4.47. The second kappa shape index (κ2) is 5.92. The zero-order valence-corrected chi connectivity index (χ0v) is 12.4. The van der Waals surface area contributed by atoms with Crippen LogP contribution in [0.5, 0.6) is 0 Å². The van der Waals surface area contributed by atoms with Gasteiger partial charge in [-0.2, -0.15) is 0 Å². The number of piperidine rings is 1. The highest BCUT2D eigenvalue weighted by Gasteiger charge is 2.20. The molecule has 1 N–H and O–H groups in total. The van der Waals surface area contributed by atoms with Crippen LogP contribution in [0.25, 0.3) is 4.96 Å². The molecule has 3 heterocycles. The van der Waals surface area contributed by atoms with Crippen LogP contribution >= 0.6 is 11.3 Å². The third-order valence-electron chi connectivity index (χ3n) is 3.71. The molecule has 1 aliphatic heterocycles. The van der Waals surface area contributed by atoms with E-state index in [9.17, 15) is 0 Å². The first kappa shape index (κ1) is 12.9. The van der Waals surface area contributed by atoms with Crippen LogP contribution < -0.4 is 10.2 Å². The minimum absolute atomic E-state index is 0.914. The number of imidazole rings is 1. The van der Waals surface area contributed by atoms with Gasteiger partial charge in [-0.1, -0.05) is 6.92 Å². The Balaban J connectivity index is 1.88. The SMILES string of the molecule is CCCNCc1c(N2CCCCC2)nc2sccn12. The van der Waals surface area contributed by atoms with E-state index >= 15 is 0 Å². The van der Waals surface area contributed by atoms with Crippen molar-refractivity contribution >= 4 is 22.1 Å². The van der Waals surface area contributed by atoms with Gasteiger partial charge in [0, 0.05) is 31.2 Å². The highest BCUT2D eigenvalue weighted by molar-refractivity contribution is 7.15. The van der Waals surface area contributed by atoms with Crippen molar-refractivity contribution in [3.63, 3.8) is 0 Å². The van der Waals surface area contributed by atoms with E-state index in [1.54, 1.807) is 11.3 Å². The molecule has 0 aromatic carbocycles. The highest BCUT2D eigenvalue weighted by atomic mass is 32.1. The van der Waals surface area contributed by atoms with Crippen molar-refractivity contribution < 1.29 is 0 Å². The predicted octanol–water partition coefficient (Wildman–Crippen LogP) is 2.89. The van der Waals surface area contributed by atoms with Gasteiger partial charge in [0.05, 0.1) is 5.69 Å². The topological polar surface area (TPSA) is 32.6 Å². The molecule has 0 radical (unpaired) electrons. The van der Waals surface area contributed by atoms with Crippen LogP contribution in [0.4, 0.5) is 5.82 Å². The maximum Gasteiger partial charge on any atom is 0.195 e. The van der Waals surface area contributed by atoms with Crippen molar-refractivity contribution in [1.29, 1.82) is 0 Å². The van der Waals surface area contributed by atoms with E-state index in [0.717, 1.165) is 31.1 Å². The van der Waals surface area contributed by atoms with Crippen molar-refractivity contribution in [3.05, 3.63) is 17.3 Å². The monoisotopic (exact) mass is 278 g/mol. The number of hydrogen-bond acceptors (Lipinski definition) is 4. The van der Waals surface area contributed by atoms with Gasteiger partial charge >= 0.3 is 0 Å². The summed E-state index contributed by atoms with van der Waals surface area (Å²) < 4.78 is 2.25. The predicted molar refractivity (Wildman–Crippen MR) is 81.1 cm³/mol. The zero-order valence-electron chi connectivity index (χ0n) is 11.6. The van der Waals surface area contributed by atoms with Gasteiger partial charge in [0.2, 0.25) is 0 Å². The molecule has 0 spiro atoms. The summed E-state index contributed by atoms with van der Waals surface area (Å²) in [7, 11) is 0. The van der Waals surface area contributed by atoms with Gasteiger partial charge in [-0.25, -0.2) is 4.98 Å². The molecule has 1 aliphatic rings. The zero-order chi connectivity index (χ0) is 13.1. The Kier molecular flexibility index (Phi) is 4.03. The Hall–Kier alpha value is -1.07. The number of nitrogens with one attached hydrogen (secondary N) is 1. The van der Waals surface area contributed by atoms with Crippen LogP contribution in [-0.2, 0) is 6.54 Å². The van der Waals surface area contributed by atoms with Gasteiger partial charge in [0.1, 0.15) is 0 Å². The number of anilines is 1. The summed E-state index contributed by atoms with van der Waals surface area (Å²) in [6.07, 6.45) is 7.27. The molecule has 0 saturated carbocycles. The summed E-state index contributed by atoms with van der Waals surface area (Å²) in [5, 5.41) is 5.63. The van der Waals surface area contributed by atoms with E-state index in [2.05, 4.69) is 33.1 Å². The summed E-state index contributed by atoms with van der Waals surface area (Å²) in [6.45, 7) is 6.50. The minimum Gasteiger partial charge on any atom is -0.355 e. The summed E-state index contributed by atoms with van der Waals surface area (Å²) in [6, 6.07) is 0. The number of thiazole rings is 1. The van der Waals surface area contributed by atoms with Crippen LogP contribution in [0.2, 0.25) is 0 Å². The first-order valence-corrected chi connectivity index (χ1v) is 8.18. The molecule has 0 unspecified atom stereocenters. The molecule has 2 aromatic heterocycles. The maximum atomic E-state index is 4.84. The molecule has 1 fully saturated rings. The third kappa shape index (κ3) is 2.62. The smallest absolute Gasteiger partial charge is 0.195 e. The Morgan fingerprint density at radius 3 is 2.95 bits per heavy atom. The number of hydrogen-bond donors (Lipinski definition) is 1. The van der Waals surface area contributed by atoms with Gasteiger partial charge in [-0.05, 0) is 32.2 Å². The van der Waals surface area contributed by atoms with Gasteiger partial charge in [-0.15, -0.1) is 11.3 Å². The van der Waals surface area contributed by atoms with E-state index in [1.807, 2.05) is 0 Å². The van der Waals surface area contributed by atoms with E-state index in [0.29, 0.717) is 0 Å². The Bertz CT molecular complexity index is 525. The molecule has 104 valence electrons.